The number of benzene rings is 1. The predicted octanol–water partition coefficient (Wildman–Crippen LogP) is 3.59. The highest BCUT2D eigenvalue weighted by atomic mass is 35.5. The topological polar surface area (TPSA) is 103 Å². The van der Waals surface area contributed by atoms with Gasteiger partial charge in [0.15, 0.2) is 18.4 Å². The maximum atomic E-state index is 12.5. The number of Topliss-reactive ketones (excluding diaryl/α,β-unsaturated/α-hetero) is 1. The number of rotatable bonds is 6. The molecule has 1 heterocycles. The van der Waals surface area contributed by atoms with Crippen molar-refractivity contribution >= 4 is 35.0 Å². The third-order valence-corrected chi connectivity index (χ3v) is 4.03. The van der Waals surface area contributed by atoms with Crippen LogP contribution in [0.15, 0.2) is 30.5 Å². The van der Waals surface area contributed by atoms with Crippen LogP contribution in [0.25, 0.3) is 11.1 Å². The minimum Gasteiger partial charge on any atom is -0.480 e. The number of alkyl halides is 3. The molecular weight excluding hydrogens is 412 g/mol. The number of carboxylic acid groups (broad SMARTS) is 1. The number of pyridine rings is 1. The van der Waals surface area contributed by atoms with Crippen molar-refractivity contribution in [2.45, 2.75) is 12.2 Å². The van der Waals surface area contributed by atoms with E-state index >= 15 is 0 Å². The standard InChI is InChI=1S/C16H11Cl2F3N2O4/c17-10-2-1-7(4-11(10)18)9-3-8(13(24)12(22)15(25)26)5-23-14(9)27-6-16(19,20)21/h1-5,12H,6,22H2,(H,25,26). The van der Waals surface area contributed by atoms with Gasteiger partial charge in [0.25, 0.3) is 0 Å². The van der Waals surface area contributed by atoms with E-state index in [1.165, 1.54) is 18.2 Å². The number of halogens is 5. The van der Waals surface area contributed by atoms with Gasteiger partial charge in [-0.15, -0.1) is 0 Å². The van der Waals surface area contributed by atoms with Gasteiger partial charge in [-0.3, -0.25) is 9.59 Å². The Morgan fingerprint density at radius 2 is 1.89 bits per heavy atom. The molecular formula is C16H11Cl2F3N2O4. The highest BCUT2D eigenvalue weighted by Crippen LogP contribution is 2.34. The lowest BCUT2D eigenvalue weighted by Gasteiger charge is -2.14. The van der Waals surface area contributed by atoms with Crippen LogP contribution >= 0.6 is 23.2 Å². The first kappa shape index (κ1) is 20.9. The second-order valence-corrected chi connectivity index (χ2v) is 6.10. The number of carbonyl (C=O) groups is 2. The number of aliphatic carboxylic acids is 1. The Kier molecular flexibility index (Phi) is 6.30. The molecule has 0 saturated heterocycles. The van der Waals surface area contributed by atoms with Crippen molar-refractivity contribution in [1.82, 2.24) is 4.98 Å². The molecule has 0 aliphatic heterocycles. The van der Waals surface area contributed by atoms with Crippen molar-refractivity contribution in [3.8, 4) is 17.0 Å². The van der Waals surface area contributed by atoms with Crippen LogP contribution in [0.3, 0.4) is 0 Å². The maximum Gasteiger partial charge on any atom is 0.422 e. The van der Waals surface area contributed by atoms with Crippen molar-refractivity contribution in [3.63, 3.8) is 0 Å². The van der Waals surface area contributed by atoms with Crippen molar-refractivity contribution in [2.24, 2.45) is 5.73 Å². The molecule has 3 N–H and O–H groups in total. The monoisotopic (exact) mass is 422 g/mol. The number of aromatic nitrogens is 1. The van der Waals surface area contributed by atoms with Gasteiger partial charge in [0, 0.05) is 17.3 Å². The van der Waals surface area contributed by atoms with Gasteiger partial charge in [-0.25, -0.2) is 4.98 Å². The Morgan fingerprint density at radius 3 is 2.44 bits per heavy atom. The first-order chi connectivity index (χ1) is 12.5. The van der Waals surface area contributed by atoms with Crippen LogP contribution in [0, 0.1) is 0 Å². The molecule has 1 unspecified atom stereocenters. The summed E-state index contributed by atoms with van der Waals surface area (Å²) in [6, 6.07) is 3.44. The summed E-state index contributed by atoms with van der Waals surface area (Å²) in [6.45, 7) is -1.61. The molecule has 2 aromatic rings. The maximum absolute atomic E-state index is 12.5. The van der Waals surface area contributed by atoms with Gasteiger partial charge in [0.2, 0.25) is 5.88 Å². The summed E-state index contributed by atoms with van der Waals surface area (Å²) in [6.07, 6.45) is -3.73. The molecule has 0 aliphatic rings. The predicted molar refractivity (Wildman–Crippen MR) is 91.2 cm³/mol. The van der Waals surface area contributed by atoms with Crippen LogP contribution in [-0.2, 0) is 4.79 Å². The number of ketones is 1. The quantitative estimate of drug-likeness (QED) is 0.544. The highest BCUT2D eigenvalue weighted by Gasteiger charge is 2.30. The highest BCUT2D eigenvalue weighted by molar-refractivity contribution is 6.42. The van der Waals surface area contributed by atoms with E-state index in [-0.39, 0.29) is 26.7 Å². The van der Waals surface area contributed by atoms with Crippen molar-refractivity contribution in [3.05, 3.63) is 46.1 Å². The lowest BCUT2D eigenvalue weighted by atomic mass is 10.0. The molecule has 1 atom stereocenters. The number of hydrogen-bond acceptors (Lipinski definition) is 5. The largest absolute Gasteiger partial charge is 0.480 e. The minimum absolute atomic E-state index is 0.0127. The molecule has 0 spiro atoms. The van der Waals surface area contributed by atoms with Crippen LogP contribution < -0.4 is 10.5 Å². The lowest BCUT2D eigenvalue weighted by Crippen LogP contribution is -2.38. The van der Waals surface area contributed by atoms with Crippen LogP contribution in [0.4, 0.5) is 13.2 Å². The minimum atomic E-state index is -4.61. The SMILES string of the molecule is NC(C(=O)O)C(=O)c1cnc(OCC(F)(F)F)c(-c2ccc(Cl)c(Cl)c2)c1. The molecule has 0 bridgehead atoms. The van der Waals surface area contributed by atoms with E-state index in [9.17, 15) is 22.8 Å². The normalized spacial score (nSPS) is 12.5. The van der Waals surface area contributed by atoms with Gasteiger partial charge in [0.05, 0.1) is 10.0 Å². The third-order valence-electron chi connectivity index (χ3n) is 3.29. The Balaban J connectivity index is 2.52. The van der Waals surface area contributed by atoms with Gasteiger partial charge in [-0.1, -0.05) is 29.3 Å². The number of ether oxygens (including phenoxy) is 1. The molecule has 0 radical (unpaired) electrons. The smallest absolute Gasteiger partial charge is 0.422 e. The molecule has 6 nitrogen and oxygen atoms in total. The zero-order valence-electron chi connectivity index (χ0n) is 13.3. The Bertz CT molecular complexity index is 890. The summed E-state index contributed by atoms with van der Waals surface area (Å²) in [4.78, 5) is 26.7. The first-order valence-corrected chi connectivity index (χ1v) is 7.93. The summed E-state index contributed by atoms with van der Waals surface area (Å²) in [5.74, 6) is -2.96. The molecule has 0 aliphatic carbocycles. The summed E-state index contributed by atoms with van der Waals surface area (Å²) in [7, 11) is 0. The average Bonchev–Trinajstić information content (AvgIpc) is 2.60. The van der Waals surface area contributed by atoms with E-state index in [2.05, 4.69) is 4.98 Å². The zero-order chi connectivity index (χ0) is 20.4. The van der Waals surface area contributed by atoms with E-state index < -0.39 is 36.5 Å². The van der Waals surface area contributed by atoms with Crippen LogP contribution in [0.1, 0.15) is 10.4 Å². The lowest BCUT2D eigenvalue weighted by molar-refractivity contribution is -0.154. The molecule has 1 aromatic heterocycles. The van der Waals surface area contributed by atoms with Crippen molar-refractivity contribution in [2.75, 3.05) is 6.61 Å². The average molecular weight is 423 g/mol. The number of carboxylic acids is 1. The number of carbonyl (C=O) groups excluding carboxylic acids is 1. The van der Waals surface area contributed by atoms with Crippen molar-refractivity contribution < 1.29 is 32.6 Å². The summed E-state index contributed by atoms with van der Waals surface area (Å²) < 4.78 is 42.1. The van der Waals surface area contributed by atoms with E-state index in [1.807, 2.05) is 0 Å². The Labute approximate surface area is 160 Å². The van der Waals surface area contributed by atoms with E-state index in [0.29, 0.717) is 0 Å². The fraction of sp³-hybridized carbons (Fsp3) is 0.188. The Hall–Kier alpha value is -2.36. The summed E-state index contributed by atoms with van der Waals surface area (Å²) in [5.41, 5.74) is 5.31. The molecule has 1 aromatic carbocycles. The zero-order valence-corrected chi connectivity index (χ0v) is 14.8. The van der Waals surface area contributed by atoms with E-state index in [4.69, 9.17) is 38.8 Å². The van der Waals surface area contributed by atoms with Crippen LogP contribution in [0.5, 0.6) is 5.88 Å². The fourth-order valence-corrected chi connectivity index (χ4v) is 2.31. The van der Waals surface area contributed by atoms with Gasteiger partial charge >= 0.3 is 12.1 Å². The Morgan fingerprint density at radius 1 is 1.22 bits per heavy atom. The number of nitrogens with two attached hydrogens (primary N) is 1. The fourth-order valence-electron chi connectivity index (χ4n) is 2.01. The second-order valence-electron chi connectivity index (χ2n) is 5.29. The van der Waals surface area contributed by atoms with Gasteiger partial charge in [-0.2, -0.15) is 13.2 Å². The molecule has 2 rings (SSSR count). The molecule has 0 amide bonds. The van der Waals surface area contributed by atoms with Gasteiger partial charge in [0.1, 0.15) is 0 Å². The second kappa shape index (κ2) is 8.12. The summed E-state index contributed by atoms with van der Waals surface area (Å²) in [5, 5.41) is 9.15. The third kappa shape index (κ3) is 5.31. The van der Waals surface area contributed by atoms with E-state index in [0.717, 1.165) is 12.3 Å². The van der Waals surface area contributed by atoms with Crippen LogP contribution in [-0.4, -0.2) is 40.7 Å². The molecule has 0 fully saturated rings. The van der Waals surface area contributed by atoms with E-state index in [1.54, 1.807) is 0 Å². The van der Waals surface area contributed by atoms with Crippen LogP contribution in [0.2, 0.25) is 10.0 Å². The van der Waals surface area contributed by atoms with Crippen molar-refractivity contribution in [1.29, 1.82) is 0 Å². The van der Waals surface area contributed by atoms with Gasteiger partial charge < -0.3 is 15.6 Å². The first-order valence-electron chi connectivity index (χ1n) is 7.17. The molecule has 144 valence electrons. The molecule has 27 heavy (non-hydrogen) atoms. The number of hydrogen-bond donors (Lipinski definition) is 2. The van der Waals surface area contributed by atoms with Gasteiger partial charge in [-0.05, 0) is 23.8 Å². The molecule has 0 saturated carbocycles. The number of nitrogens with zero attached hydrogens (tertiary/aromatic N) is 1. The summed E-state index contributed by atoms with van der Waals surface area (Å²) >= 11 is 11.7. The molecule has 11 heteroatoms.